The highest BCUT2D eigenvalue weighted by Gasteiger charge is 2.75. The number of halogens is 1. The van der Waals surface area contributed by atoms with Crippen LogP contribution in [0.2, 0.25) is 0 Å². The maximum absolute atomic E-state index is 15.0. The van der Waals surface area contributed by atoms with E-state index in [2.05, 4.69) is 26.1 Å². The van der Waals surface area contributed by atoms with Crippen LogP contribution in [0, 0.1) is 17.8 Å². The molecule has 13 heteroatoms. The number of esters is 1. The summed E-state index contributed by atoms with van der Waals surface area (Å²) in [7, 11) is 0. The van der Waals surface area contributed by atoms with E-state index < -0.39 is 53.6 Å². The number of nitrogens with one attached hydrogen (secondary N) is 1. The number of carbonyl (C=O) groups excluding carboxylic acids is 4. The maximum atomic E-state index is 15.0. The lowest BCUT2D eigenvalue weighted by molar-refractivity contribution is -0.161. The number of hydrogen-bond acceptors (Lipinski definition) is 9. The zero-order valence-corrected chi connectivity index (χ0v) is 29.8. The monoisotopic (exact) mass is 742 g/mol. The molecule has 0 aromatic heterocycles. The van der Waals surface area contributed by atoms with Gasteiger partial charge in [-0.1, -0.05) is 78.7 Å². The number of hydrogen-bond donors (Lipinski definition) is 2. The summed E-state index contributed by atoms with van der Waals surface area (Å²) >= 11 is 3.62. The zero-order valence-electron chi connectivity index (χ0n) is 28.2. The third kappa shape index (κ3) is 6.97. The third-order valence-electron chi connectivity index (χ3n) is 10.8. The fourth-order valence-electron chi connectivity index (χ4n) is 7.87. The van der Waals surface area contributed by atoms with Crippen molar-refractivity contribution in [2.24, 2.45) is 17.8 Å². The number of aliphatic hydroxyl groups excluding tert-OH is 1. The molecule has 0 saturated carbocycles. The van der Waals surface area contributed by atoms with Gasteiger partial charge in [-0.05, 0) is 24.0 Å². The van der Waals surface area contributed by atoms with Crippen molar-refractivity contribution in [2.75, 3.05) is 59.1 Å². The first-order valence-corrected chi connectivity index (χ1v) is 18.2. The van der Waals surface area contributed by atoms with E-state index in [1.807, 2.05) is 56.3 Å². The van der Waals surface area contributed by atoms with Gasteiger partial charge in [0, 0.05) is 43.6 Å². The normalized spacial score (nSPS) is 33.1. The summed E-state index contributed by atoms with van der Waals surface area (Å²) < 4.78 is 18.9. The lowest BCUT2D eigenvalue weighted by Crippen LogP contribution is -2.60. The molecule has 5 heterocycles. The molecule has 12 nitrogen and oxygen atoms in total. The second-order valence-electron chi connectivity index (χ2n) is 13.6. The molecule has 0 radical (unpaired) electrons. The van der Waals surface area contributed by atoms with Crippen molar-refractivity contribution in [1.82, 2.24) is 20.0 Å². The minimum atomic E-state index is -1.45. The van der Waals surface area contributed by atoms with E-state index in [1.165, 1.54) is 4.90 Å². The van der Waals surface area contributed by atoms with E-state index in [4.69, 9.17) is 14.2 Å². The van der Waals surface area contributed by atoms with Gasteiger partial charge >= 0.3 is 5.97 Å². The number of ether oxygens (including phenoxy) is 3. The average Bonchev–Trinajstić information content (AvgIpc) is 3.71. The van der Waals surface area contributed by atoms with Crippen LogP contribution in [-0.2, 0) is 33.4 Å². The van der Waals surface area contributed by atoms with Crippen LogP contribution < -0.4 is 5.32 Å². The molecule has 6 rings (SSSR count). The summed E-state index contributed by atoms with van der Waals surface area (Å²) in [6.45, 7) is 7.63. The minimum absolute atomic E-state index is 0.0560. The van der Waals surface area contributed by atoms with Crippen LogP contribution in [0.1, 0.15) is 44.8 Å². The number of morpholine rings is 1. The molecule has 266 valence electrons. The molecule has 8 atom stereocenters. The van der Waals surface area contributed by atoms with Crippen LogP contribution in [0.4, 0.5) is 0 Å². The van der Waals surface area contributed by atoms with Gasteiger partial charge in [0.05, 0.1) is 38.3 Å². The molecular weight excluding hydrogens is 696 g/mol. The van der Waals surface area contributed by atoms with Gasteiger partial charge < -0.3 is 34.4 Å². The van der Waals surface area contributed by atoms with Crippen molar-refractivity contribution in [3.63, 3.8) is 0 Å². The smallest absolute Gasteiger partial charge is 0.313 e. The summed E-state index contributed by atoms with van der Waals surface area (Å²) in [6.07, 6.45) is 5.27. The number of amides is 3. The molecule has 3 saturated heterocycles. The van der Waals surface area contributed by atoms with E-state index >= 15 is 4.79 Å². The van der Waals surface area contributed by atoms with Crippen LogP contribution in [0.15, 0.2) is 53.0 Å². The third-order valence-corrected chi connectivity index (χ3v) is 11.4. The summed E-state index contributed by atoms with van der Waals surface area (Å²) in [5.41, 5.74) is -0.754. The number of cyclic esters (lactones) is 1. The number of rotatable bonds is 8. The number of likely N-dealkylation sites (tertiary alicyclic amines) is 1. The summed E-state index contributed by atoms with van der Waals surface area (Å²) in [5.74, 6) is -3.80. The van der Waals surface area contributed by atoms with Crippen LogP contribution >= 0.6 is 15.9 Å². The summed E-state index contributed by atoms with van der Waals surface area (Å²) in [6, 6.07) is 7.37. The van der Waals surface area contributed by atoms with Gasteiger partial charge in [0.1, 0.15) is 29.8 Å². The second kappa shape index (κ2) is 15.4. The van der Waals surface area contributed by atoms with Crippen molar-refractivity contribution in [3.8, 4) is 0 Å². The molecule has 1 aromatic carbocycles. The Bertz CT molecular complexity index is 1450. The quantitative estimate of drug-likeness (QED) is 0.303. The summed E-state index contributed by atoms with van der Waals surface area (Å²) in [4.78, 5) is 62.4. The number of nitrogens with zero attached hydrogens (tertiary/aromatic N) is 3. The fraction of sp³-hybridized carbons (Fsp3) is 0.611. The molecular formula is C36H47BrN4O8. The van der Waals surface area contributed by atoms with Crippen LogP contribution in [0.3, 0.4) is 0 Å². The zero-order chi connectivity index (χ0) is 34.7. The van der Waals surface area contributed by atoms with E-state index in [9.17, 15) is 19.5 Å². The van der Waals surface area contributed by atoms with E-state index in [-0.39, 0.29) is 43.8 Å². The van der Waals surface area contributed by atoms with Gasteiger partial charge in [0.15, 0.2) is 0 Å². The molecule has 49 heavy (non-hydrogen) atoms. The number of carbonyl (C=O) groups is 4. The molecule has 3 fully saturated rings. The molecule has 1 spiro atoms. The van der Waals surface area contributed by atoms with E-state index in [1.54, 1.807) is 11.0 Å². The Morgan fingerprint density at radius 3 is 2.53 bits per heavy atom. The van der Waals surface area contributed by atoms with Gasteiger partial charge in [-0.25, -0.2) is 0 Å². The maximum Gasteiger partial charge on any atom is 0.313 e. The first-order chi connectivity index (χ1) is 23.7. The van der Waals surface area contributed by atoms with Gasteiger partial charge in [-0.2, -0.15) is 0 Å². The first-order valence-electron chi connectivity index (χ1n) is 17.4. The van der Waals surface area contributed by atoms with Crippen LogP contribution in [-0.4, -0.2) is 126 Å². The largest absolute Gasteiger partial charge is 0.455 e. The highest BCUT2D eigenvalue weighted by molar-refractivity contribution is 9.11. The molecule has 5 aliphatic heterocycles. The lowest BCUT2D eigenvalue weighted by Gasteiger charge is -2.40. The van der Waals surface area contributed by atoms with Crippen molar-refractivity contribution in [3.05, 3.63) is 58.6 Å². The Balaban J connectivity index is 1.42. The van der Waals surface area contributed by atoms with Crippen LogP contribution in [0.5, 0.6) is 0 Å². The lowest BCUT2D eigenvalue weighted by atomic mass is 9.74. The number of aliphatic hydroxyl groups is 1. The molecule has 2 N–H and O–H groups in total. The highest BCUT2D eigenvalue weighted by Crippen LogP contribution is 2.59. The Labute approximate surface area is 295 Å². The van der Waals surface area contributed by atoms with Crippen molar-refractivity contribution in [2.45, 2.75) is 63.0 Å². The van der Waals surface area contributed by atoms with Crippen molar-refractivity contribution >= 4 is 39.6 Å². The predicted molar refractivity (Wildman–Crippen MR) is 183 cm³/mol. The molecule has 1 aromatic rings. The van der Waals surface area contributed by atoms with Gasteiger partial charge in [-0.3, -0.25) is 24.1 Å². The van der Waals surface area contributed by atoms with Gasteiger partial charge in [0.2, 0.25) is 17.7 Å². The van der Waals surface area contributed by atoms with E-state index in [0.717, 1.165) is 13.1 Å². The molecule has 0 aliphatic carbocycles. The van der Waals surface area contributed by atoms with Crippen molar-refractivity contribution < 1.29 is 38.5 Å². The second-order valence-corrected chi connectivity index (χ2v) is 14.5. The summed E-state index contributed by atoms with van der Waals surface area (Å²) in [5, 5.41) is 13.6. The number of allylic oxidation sites excluding steroid dienone is 1. The Hall–Kier alpha value is -3.10. The van der Waals surface area contributed by atoms with Crippen molar-refractivity contribution in [1.29, 1.82) is 0 Å². The highest BCUT2D eigenvalue weighted by atomic mass is 79.9. The fourth-order valence-corrected chi connectivity index (χ4v) is 8.61. The van der Waals surface area contributed by atoms with Crippen LogP contribution in [0.25, 0.3) is 0 Å². The molecule has 3 amide bonds. The molecule has 5 aliphatic rings. The average molecular weight is 744 g/mol. The Morgan fingerprint density at radius 1 is 1.06 bits per heavy atom. The van der Waals surface area contributed by atoms with E-state index in [0.29, 0.717) is 49.2 Å². The molecule has 5 bridgehead atoms. The van der Waals surface area contributed by atoms with Gasteiger partial charge in [-0.15, -0.1) is 0 Å². The topological polar surface area (TPSA) is 138 Å². The first kappa shape index (κ1) is 35.7. The number of benzene rings is 1. The Kier molecular flexibility index (Phi) is 11.2. The SMILES string of the molecule is CC[C@H](C)[C@H](CO)N1C(=O)[C@H]2[C@@H]3C(=O)O[C@H](c4ccccc4)CNC(=O)CC/C=C\CN(CCN4CCOCC4)C(=O)[C@H]1[C@@]21C=C(Br)[C@@H]3O1. The minimum Gasteiger partial charge on any atom is -0.455 e. The van der Waals surface area contributed by atoms with Gasteiger partial charge in [0.25, 0.3) is 0 Å². The molecule has 0 unspecified atom stereocenters. The Morgan fingerprint density at radius 2 is 1.82 bits per heavy atom. The standard InChI is InChI=1S/C36H47BrN4O8/c1-3-23(2)26(22-42)41-32-34(45)40(15-14-39-16-18-47-19-17-39)13-9-5-8-12-28(43)38-21-27(24-10-6-4-7-11-24)48-35(46)29-30(33(41)44)36(32)20-25(37)31(29)49-36/h4-7,9-11,20,23,26-27,29-32,42H,3,8,12-19,21-22H2,1-2H3,(H,38,43)/b9-5-/t23-,26-,27-,29-,30+,31-,32-,36+/m0/s1. The number of fused-ring (bicyclic) bond motifs is 2. The predicted octanol–water partition coefficient (Wildman–Crippen LogP) is 2.18.